The predicted octanol–water partition coefficient (Wildman–Crippen LogP) is 3.90. The lowest BCUT2D eigenvalue weighted by Crippen LogP contribution is -2.27. The summed E-state index contributed by atoms with van der Waals surface area (Å²) in [5.74, 6) is 0. The maximum absolute atomic E-state index is 15.1. The van der Waals surface area contributed by atoms with Crippen LogP contribution in [-0.4, -0.2) is 20.3 Å². The van der Waals surface area contributed by atoms with Gasteiger partial charge in [0.25, 0.3) is 0 Å². The molecule has 0 amide bonds. The Morgan fingerprint density at radius 3 is 2.19 bits per heavy atom. The summed E-state index contributed by atoms with van der Waals surface area (Å²) in [6.45, 7) is 0.537. The van der Waals surface area contributed by atoms with Crippen LogP contribution in [0.5, 0.6) is 0 Å². The van der Waals surface area contributed by atoms with Crippen molar-refractivity contribution < 1.29 is 9.13 Å². The highest BCUT2D eigenvalue weighted by atomic mass is 19.1. The summed E-state index contributed by atoms with van der Waals surface area (Å²) in [6, 6.07) is 17.7. The first kappa shape index (κ1) is 15.7. The number of rotatable bonds is 7. The molecule has 112 valence electrons. The minimum absolute atomic E-state index is 0.0533. The van der Waals surface area contributed by atoms with Gasteiger partial charge in [-0.05, 0) is 36.1 Å². The van der Waals surface area contributed by atoms with Crippen LogP contribution in [0.4, 0.5) is 4.39 Å². The number of hydrogen-bond acceptors (Lipinski definition) is 2. The summed E-state index contributed by atoms with van der Waals surface area (Å²) in [7, 11) is 1.52. The van der Waals surface area contributed by atoms with Gasteiger partial charge >= 0.3 is 0 Å². The highest BCUT2D eigenvalue weighted by Gasteiger charge is 2.31. The van der Waals surface area contributed by atoms with Crippen LogP contribution in [0, 0.1) is 0 Å². The van der Waals surface area contributed by atoms with Gasteiger partial charge in [0.1, 0.15) is 0 Å². The molecule has 0 aliphatic carbocycles. The van der Waals surface area contributed by atoms with Gasteiger partial charge in [-0.1, -0.05) is 54.6 Å². The van der Waals surface area contributed by atoms with Crippen LogP contribution in [0.2, 0.25) is 0 Å². The average Bonchev–Trinajstić information content (AvgIpc) is 2.54. The molecule has 2 rings (SSSR count). The van der Waals surface area contributed by atoms with Crippen LogP contribution >= 0.6 is 0 Å². The summed E-state index contributed by atoms with van der Waals surface area (Å²) >= 11 is 0. The number of benzene rings is 2. The van der Waals surface area contributed by atoms with Crippen molar-refractivity contribution in [3.8, 4) is 11.1 Å². The quantitative estimate of drug-likeness (QED) is 0.838. The van der Waals surface area contributed by atoms with Gasteiger partial charge < -0.3 is 10.5 Å². The first-order chi connectivity index (χ1) is 10.2. The molecular formula is C18H22FNO. The molecule has 3 heteroatoms. The van der Waals surface area contributed by atoms with Crippen molar-refractivity contribution >= 4 is 0 Å². The topological polar surface area (TPSA) is 35.2 Å². The van der Waals surface area contributed by atoms with Crippen molar-refractivity contribution in [3.05, 3.63) is 60.2 Å². The zero-order valence-corrected chi connectivity index (χ0v) is 12.4. The molecule has 0 spiro atoms. The lowest BCUT2D eigenvalue weighted by molar-refractivity contribution is 0.0304. The van der Waals surface area contributed by atoms with E-state index in [-0.39, 0.29) is 6.61 Å². The fourth-order valence-electron chi connectivity index (χ4n) is 2.50. The Balaban J connectivity index is 2.23. The van der Waals surface area contributed by atoms with Gasteiger partial charge in [-0.15, -0.1) is 0 Å². The summed E-state index contributed by atoms with van der Waals surface area (Å²) in [5, 5.41) is 0. The van der Waals surface area contributed by atoms with E-state index in [0.29, 0.717) is 24.9 Å². The molecule has 0 bridgehead atoms. The van der Waals surface area contributed by atoms with Gasteiger partial charge in [0.15, 0.2) is 5.67 Å². The molecule has 0 aliphatic heterocycles. The monoisotopic (exact) mass is 287 g/mol. The van der Waals surface area contributed by atoms with Gasteiger partial charge in [0.05, 0.1) is 6.61 Å². The number of hydrogen-bond donors (Lipinski definition) is 1. The lowest BCUT2D eigenvalue weighted by atomic mass is 9.90. The van der Waals surface area contributed by atoms with Crippen molar-refractivity contribution in [3.63, 3.8) is 0 Å². The molecule has 0 saturated heterocycles. The molecule has 21 heavy (non-hydrogen) atoms. The number of ether oxygens (including phenoxy) is 1. The molecule has 0 aromatic heterocycles. The Morgan fingerprint density at radius 1 is 1.00 bits per heavy atom. The second kappa shape index (κ2) is 7.34. The van der Waals surface area contributed by atoms with Crippen LogP contribution in [-0.2, 0) is 10.4 Å². The third-order valence-electron chi connectivity index (χ3n) is 3.66. The third-order valence-corrected chi connectivity index (χ3v) is 3.66. The van der Waals surface area contributed by atoms with Crippen LogP contribution in [0.15, 0.2) is 54.6 Å². The molecule has 0 fully saturated rings. The smallest absolute Gasteiger partial charge is 0.159 e. The minimum Gasteiger partial charge on any atom is -0.381 e. The summed E-state index contributed by atoms with van der Waals surface area (Å²) in [4.78, 5) is 0. The zero-order chi connectivity index (χ0) is 15.1. The van der Waals surface area contributed by atoms with Crippen LogP contribution in [0.1, 0.15) is 18.4 Å². The highest BCUT2D eigenvalue weighted by Crippen LogP contribution is 2.33. The Hall–Kier alpha value is -1.71. The van der Waals surface area contributed by atoms with Gasteiger partial charge in [-0.25, -0.2) is 4.39 Å². The molecule has 0 radical (unpaired) electrons. The van der Waals surface area contributed by atoms with E-state index in [2.05, 4.69) is 0 Å². The summed E-state index contributed by atoms with van der Waals surface area (Å²) in [6.07, 6.45) is 1.02. The molecule has 0 heterocycles. The largest absolute Gasteiger partial charge is 0.381 e. The molecule has 2 aromatic carbocycles. The number of alkyl halides is 1. The molecule has 0 saturated carbocycles. The van der Waals surface area contributed by atoms with Crippen molar-refractivity contribution in [2.75, 3.05) is 20.3 Å². The average molecular weight is 287 g/mol. The molecule has 2 nitrogen and oxygen atoms in total. The molecular weight excluding hydrogens is 265 g/mol. The normalized spacial score (nSPS) is 13.9. The molecule has 2 aromatic rings. The maximum atomic E-state index is 15.1. The van der Waals surface area contributed by atoms with Crippen LogP contribution in [0.3, 0.4) is 0 Å². The first-order valence-corrected chi connectivity index (χ1v) is 7.23. The number of methoxy groups -OCH3 is 1. The highest BCUT2D eigenvalue weighted by molar-refractivity contribution is 5.63. The summed E-state index contributed by atoms with van der Waals surface area (Å²) < 4.78 is 20.1. The van der Waals surface area contributed by atoms with E-state index in [1.807, 2.05) is 54.6 Å². The van der Waals surface area contributed by atoms with Crippen molar-refractivity contribution in [2.24, 2.45) is 5.73 Å². The van der Waals surface area contributed by atoms with E-state index in [9.17, 15) is 0 Å². The first-order valence-electron chi connectivity index (χ1n) is 7.23. The molecule has 0 aliphatic rings. The Labute approximate surface area is 125 Å². The van der Waals surface area contributed by atoms with Gasteiger partial charge in [0.2, 0.25) is 0 Å². The van der Waals surface area contributed by atoms with E-state index in [0.717, 1.165) is 11.1 Å². The van der Waals surface area contributed by atoms with Crippen molar-refractivity contribution in [1.29, 1.82) is 0 Å². The van der Waals surface area contributed by atoms with E-state index < -0.39 is 5.67 Å². The second-order valence-electron chi connectivity index (χ2n) is 5.23. The Kier molecular flexibility index (Phi) is 5.48. The number of halogens is 1. The summed E-state index contributed by atoms with van der Waals surface area (Å²) in [5.41, 5.74) is 6.89. The Morgan fingerprint density at radius 2 is 1.62 bits per heavy atom. The molecule has 2 N–H and O–H groups in total. The van der Waals surface area contributed by atoms with Crippen molar-refractivity contribution in [1.82, 2.24) is 0 Å². The van der Waals surface area contributed by atoms with Crippen molar-refractivity contribution in [2.45, 2.75) is 18.5 Å². The Bertz CT molecular complexity index is 541. The fourth-order valence-corrected chi connectivity index (χ4v) is 2.50. The molecule has 1 unspecified atom stereocenters. The van der Waals surface area contributed by atoms with E-state index >= 15 is 4.39 Å². The molecule has 1 atom stereocenters. The van der Waals surface area contributed by atoms with Gasteiger partial charge in [-0.3, -0.25) is 0 Å². The standard InChI is InChI=1S/C18H22FNO/c1-21-14-18(19,12-5-13-20)17-10-8-16(9-11-17)15-6-3-2-4-7-15/h2-4,6-11H,5,12-14,20H2,1H3. The third kappa shape index (κ3) is 3.90. The predicted molar refractivity (Wildman–Crippen MR) is 84.8 cm³/mol. The van der Waals surface area contributed by atoms with Gasteiger partial charge in [-0.2, -0.15) is 0 Å². The second-order valence-corrected chi connectivity index (χ2v) is 5.23. The lowest BCUT2D eigenvalue weighted by Gasteiger charge is -2.25. The van der Waals surface area contributed by atoms with Gasteiger partial charge in [0, 0.05) is 7.11 Å². The van der Waals surface area contributed by atoms with E-state index in [1.165, 1.54) is 7.11 Å². The number of nitrogens with two attached hydrogens (primary N) is 1. The minimum atomic E-state index is -1.47. The van der Waals surface area contributed by atoms with Crippen LogP contribution in [0.25, 0.3) is 11.1 Å². The van der Waals surface area contributed by atoms with E-state index in [1.54, 1.807) is 0 Å². The SMILES string of the molecule is COCC(F)(CCCN)c1ccc(-c2ccccc2)cc1. The van der Waals surface area contributed by atoms with Crippen LogP contribution < -0.4 is 5.73 Å². The zero-order valence-electron chi connectivity index (χ0n) is 12.4. The fraction of sp³-hybridized carbons (Fsp3) is 0.333. The van der Waals surface area contributed by atoms with E-state index in [4.69, 9.17) is 10.5 Å². The maximum Gasteiger partial charge on any atom is 0.159 e.